The van der Waals surface area contributed by atoms with Crippen molar-refractivity contribution in [3.8, 4) is 6.07 Å². The fourth-order valence-electron chi connectivity index (χ4n) is 0.617. The molecule has 0 amide bonds. The summed E-state index contributed by atoms with van der Waals surface area (Å²) in [7, 11) is 0. The zero-order valence-electron chi connectivity index (χ0n) is 5.69. The number of carbonyl (C=O) groups excluding carboxylic acids is 1. The second-order valence-corrected chi connectivity index (χ2v) is 1.89. The number of nitriles is 1. The number of carbonyl (C=O) groups is 1. The molecule has 0 aliphatic heterocycles. The van der Waals surface area contributed by atoms with Gasteiger partial charge in [-0.05, 0) is 0 Å². The first-order valence-electron chi connectivity index (χ1n) is 2.99. The van der Waals surface area contributed by atoms with Gasteiger partial charge in [-0.3, -0.25) is 4.79 Å². The monoisotopic (exact) mass is 171 g/mol. The van der Waals surface area contributed by atoms with Crippen LogP contribution in [0.25, 0.3) is 0 Å². The Bertz CT molecular complexity index is 293. The Morgan fingerprint density at radius 2 is 2.08 bits per heavy atom. The van der Waals surface area contributed by atoms with Gasteiger partial charge in [0.2, 0.25) is 0 Å². The van der Waals surface area contributed by atoms with Crippen LogP contribution in [0.2, 0.25) is 0 Å². The molecule has 1 aromatic heterocycles. The second kappa shape index (κ2) is 5.84. The van der Waals surface area contributed by atoms with Gasteiger partial charge in [-0.25, -0.2) is 9.97 Å². The van der Waals surface area contributed by atoms with E-state index in [9.17, 15) is 4.79 Å². The molecule has 1 aromatic rings. The quantitative estimate of drug-likeness (QED) is 0.461. The molecule has 5 heteroatoms. The molecular weight excluding hydrogens is 165 g/mol. The summed E-state index contributed by atoms with van der Waals surface area (Å²) in [5.74, 6) is -0.242. The van der Waals surface area contributed by atoms with E-state index in [1.807, 2.05) is 0 Å². The average molecular weight is 171 g/mol. The number of hydrogen-bond acceptors (Lipinski definition) is 4. The van der Waals surface area contributed by atoms with E-state index in [2.05, 4.69) is 9.97 Å². The van der Waals surface area contributed by atoms with Gasteiger partial charge in [-0.2, -0.15) is 5.26 Å². The van der Waals surface area contributed by atoms with Crippen molar-refractivity contribution in [2.24, 2.45) is 0 Å². The van der Waals surface area contributed by atoms with E-state index in [0.29, 0.717) is 5.56 Å². The molecule has 12 heavy (non-hydrogen) atoms. The van der Waals surface area contributed by atoms with Crippen LogP contribution in [0.1, 0.15) is 16.8 Å². The summed E-state index contributed by atoms with van der Waals surface area (Å²) in [5.41, 5.74) is 0.383. The van der Waals surface area contributed by atoms with Gasteiger partial charge in [0.15, 0.2) is 5.78 Å². The summed E-state index contributed by atoms with van der Waals surface area (Å²) in [6.07, 6.45) is 4.01. The van der Waals surface area contributed by atoms with Crippen LogP contribution in [-0.4, -0.2) is 45.3 Å². The Morgan fingerprint density at radius 1 is 1.50 bits per heavy atom. The molecule has 1 heterocycles. The van der Waals surface area contributed by atoms with E-state index in [-0.39, 0.29) is 41.8 Å². The third-order valence-electron chi connectivity index (χ3n) is 1.12. The second-order valence-electron chi connectivity index (χ2n) is 1.89. The SMILES string of the molecule is N#CCC(=O)c1cncnc1.[NaH]. The third kappa shape index (κ3) is 3.09. The molecule has 0 unspecified atom stereocenters. The number of nitrogens with zero attached hydrogens (tertiary/aromatic N) is 3. The zero-order valence-corrected chi connectivity index (χ0v) is 5.69. The van der Waals surface area contributed by atoms with Gasteiger partial charge in [-0.1, -0.05) is 0 Å². The first-order chi connectivity index (χ1) is 5.34. The van der Waals surface area contributed by atoms with E-state index >= 15 is 0 Å². The van der Waals surface area contributed by atoms with E-state index in [1.165, 1.54) is 18.7 Å². The summed E-state index contributed by atoms with van der Waals surface area (Å²) in [6.45, 7) is 0. The van der Waals surface area contributed by atoms with Crippen molar-refractivity contribution < 1.29 is 4.79 Å². The van der Waals surface area contributed by atoms with Crippen LogP contribution in [0.4, 0.5) is 0 Å². The summed E-state index contributed by atoms with van der Waals surface area (Å²) >= 11 is 0. The van der Waals surface area contributed by atoms with Crippen molar-refractivity contribution in [2.75, 3.05) is 0 Å². The molecular formula is C7H6N3NaO. The Hall–Kier alpha value is -0.760. The molecule has 0 radical (unpaired) electrons. The molecule has 0 atom stereocenters. The van der Waals surface area contributed by atoms with Crippen LogP contribution in [0.3, 0.4) is 0 Å². The van der Waals surface area contributed by atoms with Gasteiger partial charge in [0, 0.05) is 12.4 Å². The number of ketones is 1. The average Bonchev–Trinajstić information content (AvgIpc) is 2.07. The summed E-state index contributed by atoms with van der Waals surface area (Å²) < 4.78 is 0. The number of rotatable bonds is 2. The fraction of sp³-hybridized carbons (Fsp3) is 0.143. The normalized spacial score (nSPS) is 7.92. The Balaban J connectivity index is 0.00000121. The van der Waals surface area contributed by atoms with Crippen molar-refractivity contribution in [1.29, 1.82) is 5.26 Å². The maximum atomic E-state index is 10.9. The molecule has 0 fully saturated rings. The van der Waals surface area contributed by atoms with Crippen molar-refractivity contribution in [3.63, 3.8) is 0 Å². The first-order valence-corrected chi connectivity index (χ1v) is 2.99. The van der Waals surface area contributed by atoms with E-state index in [4.69, 9.17) is 5.26 Å². The van der Waals surface area contributed by atoms with Gasteiger partial charge in [0.05, 0.1) is 18.1 Å². The minimum atomic E-state index is -0.242. The molecule has 0 saturated carbocycles. The molecule has 0 spiro atoms. The molecule has 56 valence electrons. The molecule has 0 aliphatic rings. The van der Waals surface area contributed by atoms with Crippen molar-refractivity contribution in [2.45, 2.75) is 6.42 Å². The van der Waals surface area contributed by atoms with E-state index in [0.717, 1.165) is 0 Å². The number of Topliss-reactive ketones (excluding diaryl/α,β-unsaturated/α-hetero) is 1. The predicted octanol–water partition coefficient (Wildman–Crippen LogP) is -0.0755. The molecule has 0 aliphatic carbocycles. The van der Waals surface area contributed by atoms with Crippen LogP contribution in [-0.2, 0) is 0 Å². The van der Waals surface area contributed by atoms with Crippen molar-refractivity contribution in [3.05, 3.63) is 24.3 Å². The van der Waals surface area contributed by atoms with Gasteiger partial charge >= 0.3 is 29.6 Å². The number of aromatic nitrogens is 2. The minimum absolute atomic E-state index is 0. The van der Waals surface area contributed by atoms with Crippen LogP contribution in [0.15, 0.2) is 18.7 Å². The maximum absolute atomic E-state index is 10.9. The van der Waals surface area contributed by atoms with Gasteiger partial charge in [0.25, 0.3) is 0 Å². The number of hydrogen-bond donors (Lipinski definition) is 0. The van der Waals surface area contributed by atoms with Crippen LogP contribution >= 0.6 is 0 Å². The third-order valence-corrected chi connectivity index (χ3v) is 1.12. The van der Waals surface area contributed by atoms with Crippen LogP contribution in [0, 0.1) is 11.3 Å². The van der Waals surface area contributed by atoms with Crippen molar-refractivity contribution in [1.82, 2.24) is 9.97 Å². The van der Waals surface area contributed by atoms with Gasteiger partial charge in [-0.15, -0.1) is 0 Å². The molecule has 0 aromatic carbocycles. The van der Waals surface area contributed by atoms with Gasteiger partial charge in [0.1, 0.15) is 6.33 Å². The zero-order chi connectivity index (χ0) is 8.10. The molecule has 0 saturated heterocycles. The predicted molar refractivity (Wildman–Crippen MR) is 43.7 cm³/mol. The van der Waals surface area contributed by atoms with Gasteiger partial charge < -0.3 is 0 Å². The summed E-state index contributed by atoms with van der Waals surface area (Å²) in [4.78, 5) is 18.2. The Morgan fingerprint density at radius 3 is 2.58 bits per heavy atom. The van der Waals surface area contributed by atoms with E-state index < -0.39 is 0 Å². The molecule has 4 nitrogen and oxygen atoms in total. The first kappa shape index (κ1) is 11.2. The standard InChI is InChI=1S/C7H5N3O.Na.H/c8-2-1-7(11)6-3-9-5-10-4-6;;/h3-5H,1H2;;. The summed E-state index contributed by atoms with van der Waals surface area (Å²) in [6, 6.07) is 1.76. The molecule has 0 N–H and O–H groups in total. The topological polar surface area (TPSA) is 66.6 Å². The molecule has 0 bridgehead atoms. The van der Waals surface area contributed by atoms with Crippen molar-refractivity contribution >= 4 is 35.3 Å². The Kier molecular flexibility index (Phi) is 5.47. The molecule has 1 rings (SSSR count). The van der Waals surface area contributed by atoms with E-state index in [1.54, 1.807) is 6.07 Å². The fourth-order valence-corrected chi connectivity index (χ4v) is 0.617. The van der Waals surface area contributed by atoms with Crippen LogP contribution in [0.5, 0.6) is 0 Å². The van der Waals surface area contributed by atoms with Crippen LogP contribution < -0.4 is 0 Å². The Labute approximate surface area is 91.9 Å². The summed E-state index contributed by atoms with van der Waals surface area (Å²) in [5, 5.41) is 8.19.